The van der Waals surface area contributed by atoms with Crippen molar-refractivity contribution in [2.75, 3.05) is 19.0 Å². The Morgan fingerprint density at radius 1 is 1.31 bits per heavy atom. The summed E-state index contributed by atoms with van der Waals surface area (Å²) in [7, 11) is 1.04. The van der Waals surface area contributed by atoms with Gasteiger partial charge in [-0.2, -0.15) is 17.6 Å². The van der Waals surface area contributed by atoms with Gasteiger partial charge in [-0.25, -0.2) is 4.39 Å². The number of carbonyl (C=O) groups excluding carboxylic acids is 1. The van der Waals surface area contributed by atoms with E-state index in [1.807, 2.05) is 0 Å². The van der Waals surface area contributed by atoms with E-state index in [0.717, 1.165) is 26.2 Å². The van der Waals surface area contributed by atoms with Crippen LogP contribution in [0.25, 0.3) is 0 Å². The highest BCUT2D eigenvalue weighted by molar-refractivity contribution is 5.95. The molecule has 0 saturated carbocycles. The average Bonchev–Trinajstić information content (AvgIpc) is 3.07. The summed E-state index contributed by atoms with van der Waals surface area (Å²) in [6, 6.07) is 4.58. The Labute approximate surface area is 198 Å². The van der Waals surface area contributed by atoms with E-state index >= 15 is 0 Å². The molecule has 4 N–H and O–H groups in total. The monoisotopic (exact) mass is 503 g/mol. The molecule has 1 aromatic heterocycles. The zero-order valence-corrected chi connectivity index (χ0v) is 19.4. The van der Waals surface area contributed by atoms with Gasteiger partial charge in [0.25, 0.3) is 5.91 Å². The third kappa shape index (κ3) is 4.69. The van der Waals surface area contributed by atoms with Crippen molar-refractivity contribution in [1.29, 1.82) is 0 Å². The zero-order valence-electron chi connectivity index (χ0n) is 19.4. The van der Waals surface area contributed by atoms with Crippen LogP contribution in [0.2, 0.25) is 0 Å². The third-order valence-corrected chi connectivity index (χ3v) is 6.51. The standard InChI is InChI=1S/C23H26F5N3O4/c1-11-16(13-5-6-14(24)17(25)18(13)34-4)19(35-22(11,3)23(26,27)28)20(33)31-12-7-8-30-15(9-12)21(2,29)10-32/h5-9,11,16,19,32H,10,29H2,1-4H3,(H,30,31,33)/t11-,16-,19+,21-,22+/m0/s1. The maximum absolute atomic E-state index is 14.4. The van der Waals surface area contributed by atoms with Crippen LogP contribution in [0.15, 0.2) is 30.5 Å². The average molecular weight is 503 g/mol. The lowest BCUT2D eigenvalue weighted by molar-refractivity contribution is -0.272. The molecule has 0 spiro atoms. The number of rotatable bonds is 6. The molecule has 5 atom stereocenters. The van der Waals surface area contributed by atoms with E-state index in [1.165, 1.54) is 32.2 Å². The lowest BCUT2D eigenvalue weighted by atomic mass is 9.77. The van der Waals surface area contributed by atoms with Crippen molar-refractivity contribution in [2.24, 2.45) is 11.7 Å². The Morgan fingerprint density at radius 2 is 1.97 bits per heavy atom. The Morgan fingerprint density at radius 3 is 2.54 bits per heavy atom. The molecule has 1 amide bonds. The number of pyridine rings is 1. The van der Waals surface area contributed by atoms with Crippen LogP contribution in [-0.2, 0) is 15.1 Å². The van der Waals surface area contributed by atoms with Crippen LogP contribution in [0.4, 0.5) is 27.6 Å². The van der Waals surface area contributed by atoms with Gasteiger partial charge in [-0.1, -0.05) is 13.0 Å². The molecular weight excluding hydrogens is 477 g/mol. The van der Waals surface area contributed by atoms with Crippen molar-refractivity contribution in [1.82, 2.24) is 4.98 Å². The number of ether oxygens (including phenoxy) is 2. The van der Waals surface area contributed by atoms with Gasteiger partial charge in [0.05, 0.1) is 24.9 Å². The van der Waals surface area contributed by atoms with Gasteiger partial charge in [0.2, 0.25) is 5.82 Å². The summed E-state index contributed by atoms with van der Waals surface area (Å²) in [6.45, 7) is 3.07. The number of nitrogens with two attached hydrogens (primary N) is 1. The van der Waals surface area contributed by atoms with Crippen LogP contribution in [0.5, 0.6) is 5.75 Å². The first-order chi connectivity index (χ1) is 16.2. The predicted molar refractivity (Wildman–Crippen MR) is 116 cm³/mol. The molecule has 1 aliphatic heterocycles. The SMILES string of the molecule is COc1c([C@H]2[C@H](C(=O)Nc3ccnc([C@@](C)(N)CO)c3)O[C@@](C)(C(F)(F)F)[C@H]2C)ccc(F)c1F. The number of aromatic nitrogens is 1. The molecule has 1 aromatic carbocycles. The number of carbonyl (C=O) groups is 1. The zero-order chi connectivity index (χ0) is 26.3. The highest BCUT2D eigenvalue weighted by atomic mass is 19.4. The summed E-state index contributed by atoms with van der Waals surface area (Å²) in [6.07, 6.45) is -5.31. The maximum Gasteiger partial charge on any atom is 0.417 e. The third-order valence-electron chi connectivity index (χ3n) is 6.51. The van der Waals surface area contributed by atoms with Crippen LogP contribution in [0, 0.1) is 17.6 Å². The Balaban J connectivity index is 2.06. The van der Waals surface area contributed by atoms with Crippen molar-refractivity contribution < 1.29 is 41.3 Å². The topological polar surface area (TPSA) is 107 Å². The van der Waals surface area contributed by atoms with Crippen LogP contribution in [0.3, 0.4) is 0 Å². The fourth-order valence-electron chi connectivity index (χ4n) is 4.16. The normalized spacial score (nSPS) is 26.3. The number of aliphatic hydroxyl groups is 1. The number of hydrogen-bond acceptors (Lipinski definition) is 6. The lowest BCUT2D eigenvalue weighted by Crippen LogP contribution is -2.47. The van der Waals surface area contributed by atoms with Crippen LogP contribution < -0.4 is 15.8 Å². The van der Waals surface area contributed by atoms with Crippen molar-refractivity contribution >= 4 is 11.6 Å². The molecule has 0 aliphatic carbocycles. The molecule has 1 saturated heterocycles. The lowest BCUT2D eigenvalue weighted by Gasteiger charge is -2.32. The predicted octanol–water partition coefficient (Wildman–Crippen LogP) is 3.61. The number of alkyl halides is 3. The van der Waals surface area contributed by atoms with Crippen molar-refractivity contribution in [3.05, 3.63) is 53.4 Å². The summed E-state index contributed by atoms with van der Waals surface area (Å²) in [4.78, 5) is 17.3. The van der Waals surface area contributed by atoms with E-state index in [0.29, 0.717) is 0 Å². The molecule has 2 heterocycles. The first kappa shape index (κ1) is 26.8. The number of methoxy groups -OCH3 is 1. The molecule has 1 fully saturated rings. The molecule has 2 aromatic rings. The Bertz CT molecular complexity index is 1110. The highest BCUT2D eigenvalue weighted by Gasteiger charge is 2.65. The van der Waals surface area contributed by atoms with Crippen LogP contribution in [-0.4, -0.2) is 47.6 Å². The summed E-state index contributed by atoms with van der Waals surface area (Å²) in [5, 5.41) is 11.9. The fourth-order valence-corrected chi connectivity index (χ4v) is 4.16. The van der Waals surface area contributed by atoms with Crippen molar-refractivity contribution in [3.63, 3.8) is 0 Å². The second-order valence-electron chi connectivity index (χ2n) is 8.94. The van der Waals surface area contributed by atoms with E-state index in [-0.39, 0.29) is 16.9 Å². The van der Waals surface area contributed by atoms with Gasteiger partial charge in [0.1, 0.15) is 6.10 Å². The molecule has 0 bridgehead atoms. The quantitative estimate of drug-likeness (QED) is 0.520. The van der Waals surface area contributed by atoms with E-state index in [1.54, 1.807) is 0 Å². The number of anilines is 1. The van der Waals surface area contributed by atoms with Gasteiger partial charge in [-0.05, 0) is 32.0 Å². The smallest absolute Gasteiger partial charge is 0.417 e. The molecule has 192 valence electrons. The number of amides is 1. The van der Waals surface area contributed by atoms with E-state index in [4.69, 9.17) is 15.2 Å². The summed E-state index contributed by atoms with van der Waals surface area (Å²) >= 11 is 0. The minimum Gasteiger partial charge on any atom is -0.493 e. The summed E-state index contributed by atoms with van der Waals surface area (Å²) in [5.74, 6) is -6.93. The molecule has 35 heavy (non-hydrogen) atoms. The van der Waals surface area contributed by atoms with E-state index in [2.05, 4.69) is 10.3 Å². The molecule has 12 heteroatoms. The fraction of sp³-hybridized carbons (Fsp3) is 0.478. The van der Waals surface area contributed by atoms with Crippen LogP contribution in [0.1, 0.15) is 37.9 Å². The number of hydrogen-bond donors (Lipinski definition) is 3. The molecule has 0 radical (unpaired) electrons. The summed E-state index contributed by atoms with van der Waals surface area (Å²) in [5.41, 5.74) is 2.16. The number of nitrogens with zero attached hydrogens (tertiary/aromatic N) is 1. The number of benzene rings is 1. The van der Waals surface area contributed by atoms with E-state index in [9.17, 15) is 31.9 Å². The van der Waals surface area contributed by atoms with Gasteiger partial charge in [-0.15, -0.1) is 0 Å². The number of aliphatic hydroxyl groups excluding tert-OH is 1. The second kappa shape index (κ2) is 9.32. The second-order valence-corrected chi connectivity index (χ2v) is 8.94. The largest absolute Gasteiger partial charge is 0.493 e. The molecular formula is C23H26F5N3O4. The maximum atomic E-state index is 14.4. The minimum atomic E-state index is -4.88. The van der Waals surface area contributed by atoms with E-state index < -0.39 is 65.2 Å². The van der Waals surface area contributed by atoms with Gasteiger partial charge < -0.3 is 25.6 Å². The van der Waals surface area contributed by atoms with Gasteiger partial charge >= 0.3 is 6.18 Å². The first-order valence-electron chi connectivity index (χ1n) is 10.6. The minimum absolute atomic E-state index is 0.137. The first-order valence-corrected chi connectivity index (χ1v) is 10.6. The number of halogens is 5. The molecule has 3 rings (SSSR count). The number of nitrogens with one attached hydrogen (secondary N) is 1. The molecule has 1 aliphatic rings. The summed E-state index contributed by atoms with van der Waals surface area (Å²) < 4.78 is 80.6. The van der Waals surface area contributed by atoms with Gasteiger partial charge in [-0.3, -0.25) is 9.78 Å². The van der Waals surface area contributed by atoms with Crippen molar-refractivity contribution in [2.45, 2.75) is 50.1 Å². The van der Waals surface area contributed by atoms with Crippen molar-refractivity contribution in [3.8, 4) is 5.75 Å². The molecule has 0 unspecified atom stereocenters. The van der Waals surface area contributed by atoms with Gasteiger partial charge in [0.15, 0.2) is 17.2 Å². The Hall–Kier alpha value is -2.83. The highest BCUT2D eigenvalue weighted by Crippen LogP contribution is 2.55. The Kier molecular flexibility index (Phi) is 7.13. The van der Waals surface area contributed by atoms with Crippen LogP contribution >= 0.6 is 0 Å². The van der Waals surface area contributed by atoms with Gasteiger partial charge in [0, 0.05) is 29.3 Å². The molecule has 7 nitrogen and oxygen atoms in total.